The molecule has 6 nitrogen and oxygen atoms in total. The van der Waals surface area contributed by atoms with E-state index in [0.717, 1.165) is 17.1 Å². The lowest BCUT2D eigenvalue weighted by atomic mass is 10.2. The van der Waals surface area contributed by atoms with Gasteiger partial charge in [-0.15, -0.1) is 0 Å². The standard InChI is InChI=1S/C18H22N2O4/c1-23-12-11-19-18(22)13-20-17(21)10-8-15-7-9-16(24-15)14-5-3-2-4-6-14/h2-7,9H,8,10-13H2,1H3,(H,19,22)(H,20,21). The van der Waals surface area contributed by atoms with Crippen molar-refractivity contribution >= 4 is 11.8 Å². The predicted molar refractivity (Wildman–Crippen MR) is 90.4 cm³/mol. The highest BCUT2D eigenvalue weighted by molar-refractivity contribution is 5.84. The average Bonchev–Trinajstić information content (AvgIpc) is 3.08. The molecule has 2 rings (SSSR count). The lowest BCUT2D eigenvalue weighted by molar-refractivity contribution is -0.126. The summed E-state index contributed by atoms with van der Waals surface area (Å²) in [6, 6.07) is 13.5. The third kappa shape index (κ3) is 5.89. The summed E-state index contributed by atoms with van der Waals surface area (Å²) in [6.07, 6.45) is 0.761. The zero-order chi connectivity index (χ0) is 17.2. The first-order chi connectivity index (χ1) is 11.7. The van der Waals surface area contributed by atoms with Gasteiger partial charge in [-0.25, -0.2) is 0 Å². The second kappa shape index (κ2) is 9.52. The van der Waals surface area contributed by atoms with E-state index in [-0.39, 0.29) is 24.8 Å². The Hall–Kier alpha value is -2.60. The van der Waals surface area contributed by atoms with E-state index in [0.29, 0.717) is 19.6 Å². The Bertz CT molecular complexity index is 652. The first-order valence-corrected chi connectivity index (χ1v) is 7.85. The third-order valence-corrected chi connectivity index (χ3v) is 3.39. The van der Waals surface area contributed by atoms with Gasteiger partial charge in [-0.1, -0.05) is 30.3 Å². The fraction of sp³-hybridized carbons (Fsp3) is 0.333. The molecule has 1 heterocycles. The molecule has 2 amide bonds. The molecule has 0 aliphatic rings. The maximum absolute atomic E-state index is 11.8. The van der Waals surface area contributed by atoms with Gasteiger partial charge in [0.15, 0.2) is 0 Å². The van der Waals surface area contributed by atoms with Gasteiger partial charge in [0.25, 0.3) is 0 Å². The minimum absolute atomic E-state index is 0.0318. The van der Waals surface area contributed by atoms with Crippen molar-refractivity contribution in [3.8, 4) is 11.3 Å². The maximum Gasteiger partial charge on any atom is 0.239 e. The molecule has 2 aromatic rings. The van der Waals surface area contributed by atoms with Crippen LogP contribution in [0.25, 0.3) is 11.3 Å². The van der Waals surface area contributed by atoms with E-state index in [1.54, 1.807) is 7.11 Å². The number of nitrogens with one attached hydrogen (secondary N) is 2. The Labute approximate surface area is 141 Å². The van der Waals surface area contributed by atoms with Crippen molar-refractivity contribution in [1.82, 2.24) is 10.6 Å². The summed E-state index contributed by atoms with van der Waals surface area (Å²) in [4.78, 5) is 23.2. The predicted octanol–water partition coefficient (Wildman–Crippen LogP) is 1.76. The minimum atomic E-state index is -0.232. The number of methoxy groups -OCH3 is 1. The molecule has 1 aromatic carbocycles. The minimum Gasteiger partial charge on any atom is -0.461 e. The van der Waals surface area contributed by atoms with Crippen LogP contribution in [0.2, 0.25) is 0 Å². The summed E-state index contributed by atoms with van der Waals surface area (Å²) in [7, 11) is 1.56. The van der Waals surface area contributed by atoms with Crippen LogP contribution in [-0.4, -0.2) is 38.6 Å². The molecule has 6 heteroatoms. The first-order valence-electron chi connectivity index (χ1n) is 7.85. The van der Waals surface area contributed by atoms with E-state index >= 15 is 0 Å². The van der Waals surface area contributed by atoms with Crippen molar-refractivity contribution in [2.75, 3.05) is 26.8 Å². The molecule has 128 valence electrons. The summed E-state index contributed by atoms with van der Waals surface area (Å²) in [5.74, 6) is 1.11. The van der Waals surface area contributed by atoms with Crippen LogP contribution in [0.1, 0.15) is 12.2 Å². The van der Waals surface area contributed by atoms with Crippen LogP contribution in [0.3, 0.4) is 0 Å². The molecule has 0 aliphatic heterocycles. The van der Waals surface area contributed by atoms with Crippen LogP contribution in [0, 0.1) is 0 Å². The van der Waals surface area contributed by atoms with Gasteiger partial charge in [-0.05, 0) is 12.1 Å². The Morgan fingerprint density at radius 3 is 2.58 bits per heavy atom. The summed E-state index contributed by atoms with van der Waals surface area (Å²) in [6.45, 7) is 0.845. The fourth-order valence-corrected chi connectivity index (χ4v) is 2.13. The molecule has 0 unspecified atom stereocenters. The van der Waals surface area contributed by atoms with Gasteiger partial charge >= 0.3 is 0 Å². The summed E-state index contributed by atoms with van der Waals surface area (Å²) in [5.41, 5.74) is 1.00. The second-order valence-corrected chi connectivity index (χ2v) is 5.25. The number of ether oxygens (including phenoxy) is 1. The van der Waals surface area contributed by atoms with E-state index in [1.807, 2.05) is 42.5 Å². The van der Waals surface area contributed by atoms with Gasteiger partial charge in [0.1, 0.15) is 11.5 Å². The van der Waals surface area contributed by atoms with E-state index in [4.69, 9.17) is 9.15 Å². The highest BCUT2D eigenvalue weighted by Crippen LogP contribution is 2.22. The quantitative estimate of drug-likeness (QED) is 0.687. The maximum atomic E-state index is 11.8. The smallest absolute Gasteiger partial charge is 0.239 e. The zero-order valence-corrected chi connectivity index (χ0v) is 13.7. The number of benzene rings is 1. The molecule has 0 bridgehead atoms. The highest BCUT2D eigenvalue weighted by atomic mass is 16.5. The number of amides is 2. The van der Waals surface area contributed by atoms with Crippen LogP contribution in [0.4, 0.5) is 0 Å². The summed E-state index contributed by atoms with van der Waals surface area (Å²) < 4.78 is 10.6. The van der Waals surface area contributed by atoms with Gasteiger partial charge in [0, 0.05) is 32.1 Å². The van der Waals surface area contributed by atoms with Crippen LogP contribution in [0.15, 0.2) is 46.9 Å². The van der Waals surface area contributed by atoms with Gasteiger partial charge in [0.2, 0.25) is 11.8 Å². The van der Waals surface area contributed by atoms with Crippen molar-refractivity contribution < 1.29 is 18.7 Å². The third-order valence-electron chi connectivity index (χ3n) is 3.39. The Morgan fingerprint density at radius 2 is 1.83 bits per heavy atom. The number of hydrogen-bond acceptors (Lipinski definition) is 4. The van der Waals surface area contributed by atoms with Crippen molar-refractivity contribution in [2.45, 2.75) is 12.8 Å². The molecule has 0 saturated heterocycles. The van der Waals surface area contributed by atoms with Gasteiger partial charge in [-0.3, -0.25) is 9.59 Å². The van der Waals surface area contributed by atoms with Crippen molar-refractivity contribution in [3.63, 3.8) is 0 Å². The van der Waals surface area contributed by atoms with Gasteiger partial charge in [-0.2, -0.15) is 0 Å². The second-order valence-electron chi connectivity index (χ2n) is 5.25. The average molecular weight is 330 g/mol. The molecule has 2 N–H and O–H groups in total. The Morgan fingerprint density at radius 1 is 1.04 bits per heavy atom. The lowest BCUT2D eigenvalue weighted by Crippen LogP contribution is -2.38. The Kier molecular flexibility index (Phi) is 7.04. The molecule has 0 radical (unpaired) electrons. The molecule has 0 atom stereocenters. The first kappa shape index (κ1) is 17.7. The largest absolute Gasteiger partial charge is 0.461 e. The van der Waals surface area contributed by atoms with Crippen molar-refractivity contribution in [1.29, 1.82) is 0 Å². The molecule has 0 spiro atoms. The van der Waals surface area contributed by atoms with E-state index < -0.39 is 0 Å². The van der Waals surface area contributed by atoms with Crippen LogP contribution in [0.5, 0.6) is 0 Å². The number of carbonyl (C=O) groups is 2. The number of rotatable bonds is 9. The molecule has 24 heavy (non-hydrogen) atoms. The molecule has 0 aliphatic carbocycles. The highest BCUT2D eigenvalue weighted by Gasteiger charge is 2.08. The zero-order valence-electron chi connectivity index (χ0n) is 13.7. The molecule has 0 fully saturated rings. The topological polar surface area (TPSA) is 80.6 Å². The molecular formula is C18H22N2O4. The lowest BCUT2D eigenvalue weighted by Gasteiger charge is -2.06. The van der Waals surface area contributed by atoms with Crippen LogP contribution < -0.4 is 10.6 Å². The summed E-state index contributed by atoms with van der Waals surface area (Å²) in [5, 5.41) is 5.22. The van der Waals surface area contributed by atoms with E-state index in [9.17, 15) is 9.59 Å². The molecule has 0 saturated carbocycles. The number of furan rings is 1. The Balaban J connectivity index is 1.71. The molecule has 1 aromatic heterocycles. The van der Waals surface area contributed by atoms with Gasteiger partial charge < -0.3 is 19.8 Å². The van der Waals surface area contributed by atoms with E-state index in [1.165, 1.54) is 0 Å². The van der Waals surface area contributed by atoms with Crippen LogP contribution >= 0.6 is 0 Å². The monoisotopic (exact) mass is 330 g/mol. The van der Waals surface area contributed by atoms with Crippen molar-refractivity contribution in [3.05, 3.63) is 48.2 Å². The SMILES string of the molecule is COCCNC(=O)CNC(=O)CCc1ccc(-c2ccccc2)o1. The molecular weight excluding hydrogens is 308 g/mol. The fourth-order valence-electron chi connectivity index (χ4n) is 2.13. The van der Waals surface area contributed by atoms with Gasteiger partial charge in [0.05, 0.1) is 13.2 Å². The normalized spacial score (nSPS) is 10.4. The van der Waals surface area contributed by atoms with Crippen LogP contribution in [-0.2, 0) is 20.7 Å². The number of aryl methyl sites for hydroxylation is 1. The number of carbonyl (C=O) groups excluding carboxylic acids is 2. The number of hydrogen-bond donors (Lipinski definition) is 2. The van der Waals surface area contributed by atoms with E-state index in [2.05, 4.69) is 10.6 Å². The summed E-state index contributed by atoms with van der Waals surface area (Å²) >= 11 is 0. The van der Waals surface area contributed by atoms with Crippen molar-refractivity contribution in [2.24, 2.45) is 0 Å².